The molecular weight excluding hydrogens is 292 g/mol. The van der Waals surface area contributed by atoms with Crippen LogP contribution in [0.2, 0.25) is 0 Å². The van der Waals surface area contributed by atoms with Crippen molar-refractivity contribution >= 4 is 24.3 Å². The predicted molar refractivity (Wildman–Crippen MR) is 83.4 cm³/mol. The lowest BCUT2D eigenvalue weighted by molar-refractivity contribution is -0.152. The first-order chi connectivity index (χ1) is 9.63. The summed E-state index contributed by atoms with van der Waals surface area (Å²) in [5, 5.41) is 3.39. The van der Waals surface area contributed by atoms with Crippen molar-refractivity contribution in [2.75, 3.05) is 26.2 Å². The van der Waals surface area contributed by atoms with Crippen molar-refractivity contribution in [2.24, 2.45) is 5.92 Å². The van der Waals surface area contributed by atoms with Crippen molar-refractivity contribution in [1.82, 2.24) is 10.2 Å². The quantitative estimate of drug-likeness (QED) is 0.802. The highest BCUT2D eigenvalue weighted by Gasteiger charge is 2.42. The maximum absolute atomic E-state index is 12.7. The number of ether oxygens (including phenoxy) is 1. The fraction of sp³-hybridized carbons (Fsp3) is 0.867. The number of rotatable bonds is 4. The molecule has 1 amide bonds. The number of piperidine rings is 1. The van der Waals surface area contributed by atoms with Gasteiger partial charge in [-0.05, 0) is 45.6 Å². The van der Waals surface area contributed by atoms with Gasteiger partial charge in [0, 0.05) is 13.1 Å². The predicted octanol–water partition coefficient (Wildman–Crippen LogP) is 1.74. The summed E-state index contributed by atoms with van der Waals surface area (Å²) >= 11 is 0. The molecule has 0 spiro atoms. The standard InChI is InChI=1S/C15H26N2O3.ClH/c1-3-15(8-5-9-16-15)14(19)17-10-6-12(7-11-17)13(18)20-4-2;/h12,16H,3-11H2,1-2H3;1H. The highest BCUT2D eigenvalue weighted by molar-refractivity contribution is 5.87. The highest BCUT2D eigenvalue weighted by Crippen LogP contribution is 2.28. The number of amides is 1. The Morgan fingerprint density at radius 1 is 1.29 bits per heavy atom. The zero-order valence-corrected chi connectivity index (χ0v) is 13.8. The topological polar surface area (TPSA) is 58.6 Å². The molecule has 0 aliphatic carbocycles. The third-order valence-corrected chi connectivity index (χ3v) is 4.66. The minimum absolute atomic E-state index is 0. The molecule has 2 aliphatic rings. The number of hydrogen-bond donors (Lipinski definition) is 1. The minimum atomic E-state index is -0.350. The number of nitrogens with zero attached hydrogens (tertiary/aromatic N) is 1. The molecule has 5 nitrogen and oxygen atoms in total. The van der Waals surface area contributed by atoms with Crippen molar-refractivity contribution in [3.05, 3.63) is 0 Å². The Balaban J connectivity index is 0.00000220. The Morgan fingerprint density at radius 3 is 2.43 bits per heavy atom. The van der Waals surface area contributed by atoms with E-state index in [1.54, 1.807) is 0 Å². The number of nitrogens with one attached hydrogen (secondary N) is 1. The normalized spacial score (nSPS) is 26.3. The molecule has 0 radical (unpaired) electrons. The van der Waals surface area contributed by atoms with Gasteiger partial charge in [0.2, 0.25) is 5.91 Å². The molecule has 2 fully saturated rings. The van der Waals surface area contributed by atoms with Gasteiger partial charge in [0.05, 0.1) is 18.1 Å². The second kappa shape index (κ2) is 7.99. The number of esters is 1. The van der Waals surface area contributed by atoms with Crippen LogP contribution in [0.4, 0.5) is 0 Å². The van der Waals surface area contributed by atoms with Crippen LogP contribution in [0.15, 0.2) is 0 Å². The zero-order chi connectivity index (χ0) is 14.6. The first-order valence-electron chi connectivity index (χ1n) is 7.84. The molecule has 1 N–H and O–H groups in total. The highest BCUT2D eigenvalue weighted by atomic mass is 35.5. The Hall–Kier alpha value is -0.810. The van der Waals surface area contributed by atoms with Gasteiger partial charge in [0.1, 0.15) is 0 Å². The second-order valence-corrected chi connectivity index (χ2v) is 5.78. The maximum atomic E-state index is 12.7. The summed E-state index contributed by atoms with van der Waals surface area (Å²) in [7, 11) is 0. The Kier molecular flexibility index (Phi) is 6.94. The molecule has 0 aromatic carbocycles. The Labute approximate surface area is 133 Å². The molecule has 0 bridgehead atoms. The van der Waals surface area contributed by atoms with Crippen molar-refractivity contribution in [2.45, 2.75) is 51.5 Å². The summed E-state index contributed by atoms with van der Waals surface area (Å²) in [4.78, 5) is 26.3. The van der Waals surface area contributed by atoms with Gasteiger partial charge in [-0.1, -0.05) is 6.92 Å². The van der Waals surface area contributed by atoms with Crippen LogP contribution in [0.5, 0.6) is 0 Å². The van der Waals surface area contributed by atoms with Crippen LogP contribution in [0.3, 0.4) is 0 Å². The van der Waals surface area contributed by atoms with Crippen LogP contribution in [0.1, 0.15) is 46.0 Å². The summed E-state index contributed by atoms with van der Waals surface area (Å²) in [5.41, 5.74) is -0.350. The minimum Gasteiger partial charge on any atom is -0.466 e. The van der Waals surface area contributed by atoms with E-state index in [0.717, 1.165) is 38.6 Å². The van der Waals surface area contributed by atoms with Crippen LogP contribution in [-0.2, 0) is 14.3 Å². The molecule has 1 unspecified atom stereocenters. The van der Waals surface area contributed by atoms with Gasteiger partial charge >= 0.3 is 5.97 Å². The van der Waals surface area contributed by atoms with E-state index < -0.39 is 0 Å². The van der Waals surface area contributed by atoms with Crippen LogP contribution >= 0.6 is 12.4 Å². The summed E-state index contributed by atoms with van der Waals surface area (Å²) in [5.74, 6) is 0.0803. The number of hydrogen-bond acceptors (Lipinski definition) is 4. The molecule has 0 aromatic rings. The van der Waals surface area contributed by atoms with Gasteiger partial charge in [-0.2, -0.15) is 0 Å². The van der Waals surface area contributed by atoms with E-state index in [-0.39, 0.29) is 35.7 Å². The second-order valence-electron chi connectivity index (χ2n) is 5.78. The summed E-state index contributed by atoms with van der Waals surface area (Å²) in [6.07, 6.45) is 4.29. The Morgan fingerprint density at radius 2 is 1.95 bits per heavy atom. The zero-order valence-electron chi connectivity index (χ0n) is 13.0. The Bertz CT molecular complexity index is 362. The van der Waals surface area contributed by atoms with Crippen LogP contribution in [0, 0.1) is 5.92 Å². The van der Waals surface area contributed by atoms with E-state index in [4.69, 9.17) is 4.74 Å². The summed E-state index contributed by atoms with van der Waals surface area (Å²) in [6.45, 7) is 6.60. The summed E-state index contributed by atoms with van der Waals surface area (Å²) in [6, 6.07) is 0. The average molecular weight is 319 g/mol. The number of likely N-dealkylation sites (tertiary alicyclic amines) is 1. The van der Waals surface area contributed by atoms with E-state index >= 15 is 0 Å². The van der Waals surface area contributed by atoms with Crippen LogP contribution < -0.4 is 5.32 Å². The van der Waals surface area contributed by atoms with Crippen LogP contribution in [0.25, 0.3) is 0 Å². The molecule has 2 rings (SSSR count). The average Bonchev–Trinajstić information content (AvgIpc) is 2.97. The van der Waals surface area contributed by atoms with Crippen LogP contribution in [-0.4, -0.2) is 48.6 Å². The first kappa shape index (κ1) is 18.2. The van der Waals surface area contributed by atoms with Gasteiger partial charge < -0.3 is 15.0 Å². The summed E-state index contributed by atoms with van der Waals surface area (Å²) < 4.78 is 5.06. The molecule has 2 saturated heterocycles. The fourth-order valence-corrected chi connectivity index (χ4v) is 3.32. The number of halogens is 1. The molecule has 1 atom stereocenters. The molecule has 0 saturated carbocycles. The van der Waals surface area contributed by atoms with Crippen molar-refractivity contribution in [1.29, 1.82) is 0 Å². The van der Waals surface area contributed by atoms with Crippen molar-refractivity contribution < 1.29 is 14.3 Å². The first-order valence-corrected chi connectivity index (χ1v) is 7.84. The molecule has 2 aliphatic heterocycles. The molecule has 122 valence electrons. The van der Waals surface area contributed by atoms with Gasteiger partial charge in [-0.15, -0.1) is 12.4 Å². The third-order valence-electron chi connectivity index (χ3n) is 4.66. The van der Waals surface area contributed by atoms with Gasteiger partial charge in [0.25, 0.3) is 0 Å². The number of carbonyl (C=O) groups is 2. The van der Waals surface area contributed by atoms with Gasteiger partial charge in [-0.25, -0.2) is 0 Å². The largest absolute Gasteiger partial charge is 0.466 e. The third kappa shape index (κ3) is 3.89. The SMILES string of the molecule is CCOC(=O)C1CCN(C(=O)C2(CC)CCCN2)CC1.Cl. The fourth-order valence-electron chi connectivity index (χ4n) is 3.32. The lowest BCUT2D eigenvalue weighted by Gasteiger charge is -2.37. The molecule has 6 heteroatoms. The monoisotopic (exact) mass is 318 g/mol. The van der Waals surface area contributed by atoms with E-state index in [0.29, 0.717) is 19.7 Å². The van der Waals surface area contributed by atoms with E-state index in [9.17, 15) is 9.59 Å². The lowest BCUT2D eigenvalue weighted by atomic mass is 9.90. The van der Waals surface area contributed by atoms with Crippen molar-refractivity contribution in [3.8, 4) is 0 Å². The van der Waals surface area contributed by atoms with E-state index in [2.05, 4.69) is 12.2 Å². The lowest BCUT2D eigenvalue weighted by Crippen LogP contribution is -2.56. The smallest absolute Gasteiger partial charge is 0.309 e. The molecular formula is C15H27ClN2O3. The maximum Gasteiger partial charge on any atom is 0.309 e. The molecule has 0 aromatic heterocycles. The number of carbonyl (C=O) groups excluding carboxylic acids is 2. The molecule has 21 heavy (non-hydrogen) atoms. The molecule has 2 heterocycles. The van der Waals surface area contributed by atoms with E-state index in [1.807, 2.05) is 11.8 Å². The van der Waals surface area contributed by atoms with E-state index in [1.165, 1.54) is 0 Å². The van der Waals surface area contributed by atoms with Gasteiger partial charge in [0.15, 0.2) is 0 Å². The van der Waals surface area contributed by atoms with Crippen molar-refractivity contribution in [3.63, 3.8) is 0 Å². The van der Waals surface area contributed by atoms with Gasteiger partial charge in [-0.3, -0.25) is 9.59 Å².